The molecule has 6 nitrogen and oxygen atoms in total. The molecule has 0 atom stereocenters. The van der Waals surface area contributed by atoms with Crippen LogP contribution in [-0.4, -0.2) is 77.6 Å². The van der Waals surface area contributed by atoms with Gasteiger partial charge >= 0.3 is 6.09 Å². The third-order valence-electron chi connectivity index (χ3n) is 9.82. The summed E-state index contributed by atoms with van der Waals surface area (Å²) in [5.41, 5.74) is 1.21. The smallest absolute Gasteiger partial charge is 0.410 e. The van der Waals surface area contributed by atoms with Crippen molar-refractivity contribution in [3.05, 3.63) is 41.0 Å². The van der Waals surface area contributed by atoms with Crippen LogP contribution in [0, 0.1) is 23.0 Å². The summed E-state index contributed by atoms with van der Waals surface area (Å²) in [6.45, 7) is 11.5. The highest BCUT2D eigenvalue weighted by molar-refractivity contribution is 6.03. The Labute approximate surface area is 231 Å². The first-order chi connectivity index (χ1) is 18.5. The standard InChI is InChI=1S/C31H43F2N3O3/c1-21(2)35-17-25(24-11-10-23(32)16-27(24)33)26(18-35)28(37)34-14-12-31(13-15-34,22-8-6-5-7-9-22)19-36-29(38)39-20-30(36,3)4/h10-11,16,21-22H,5-9,12-15,17-20H2,1-4H3. The Bertz CT molecular complexity index is 1130. The molecule has 2 amide bonds. The summed E-state index contributed by atoms with van der Waals surface area (Å²) >= 11 is 0. The molecule has 214 valence electrons. The van der Waals surface area contributed by atoms with Crippen LogP contribution in [0.4, 0.5) is 13.6 Å². The van der Waals surface area contributed by atoms with Gasteiger partial charge in [0.05, 0.1) is 5.54 Å². The minimum atomic E-state index is -0.629. The number of benzene rings is 1. The number of hydrogen-bond acceptors (Lipinski definition) is 4. The largest absolute Gasteiger partial charge is 0.447 e. The molecule has 8 heteroatoms. The Morgan fingerprint density at radius 3 is 2.36 bits per heavy atom. The molecule has 5 rings (SSSR count). The number of halogens is 2. The van der Waals surface area contributed by atoms with Crippen molar-refractivity contribution in [2.24, 2.45) is 11.3 Å². The van der Waals surface area contributed by atoms with Crippen LogP contribution in [0.5, 0.6) is 0 Å². The number of rotatable bonds is 6. The summed E-state index contributed by atoms with van der Waals surface area (Å²) in [7, 11) is 0. The van der Waals surface area contributed by atoms with Crippen LogP contribution in [0.2, 0.25) is 0 Å². The molecular formula is C31H43F2N3O3. The SMILES string of the molecule is CC(C)N1CC(C(=O)N2CCC(CN3C(=O)OCC3(C)C)(C3CCCCC3)CC2)=C(c2ccc(F)cc2F)C1. The van der Waals surface area contributed by atoms with E-state index in [2.05, 4.69) is 32.6 Å². The van der Waals surface area contributed by atoms with Gasteiger partial charge < -0.3 is 9.64 Å². The van der Waals surface area contributed by atoms with E-state index in [9.17, 15) is 18.4 Å². The summed E-state index contributed by atoms with van der Waals surface area (Å²) in [6, 6.07) is 3.80. The van der Waals surface area contributed by atoms with Crippen LogP contribution in [0.15, 0.2) is 23.8 Å². The maximum absolute atomic E-state index is 14.8. The fourth-order valence-electron chi connectivity index (χ4n) is 7.19. The lowest BCUT2D eigenvalue weighted by atomic mass is 9.63. The molecule has 0 aromatic heterocycles. The molecule has 0 unspecified atom stereocenters. The Balaban J connectivity index is 1.39. The number of piperidine rings is 1. The van der Waals surface area contributed by atoms with Crippen molar-refractivity contribution in [2.45, 2.75) is 84.2 Å². The van der Waals surface area contributed by atoms with Crippen molar-refractivity contribution in [3.8, 4) is 0 Å². The normalized spacial score (nSPS) is 24.1. The van der Waals surface area contributed by atoms with Gasteiger partial charge in [-0.15, -0.1) is 0 Å². The highest BCUT2D eigenvalue weighted by Crippen LogP contribution is 2.48. The van der Waals surface area contributed by atoms with E-state index in [0.29, 0.717) is 62.0 Å². The highest BCUT2D eigenvalue weighted by atomic mass is 19.1. The van der Waals surface area contributed by atoms with Crippen LogP contribution in [0.25, 0.3) is 5.57 Å². The first-order valence-electron chi connectivity index (χ1n) is 14.7. The average Bonchev–Trinajstić information content (AvgIpc) is 3.46. The zero-order chi connectivity index (χ0) is 27.9. The van der Waals surface area contributed by atoms with E-state index in [1.54, 1.807) is 0 Å². The Morgan fingerprint density at radius 2 is 1.77 bits per heavy atom. The van der Waals surface area contributed by atoms with Gasteiger partial charge in [0.2, 0.25) is 0 Å². The minimum Gasteiger partial charge on any atom is -0.447 e. The number of amides is 2. The number of cyclic esters (lactones) is 1. The van der Waals surface area contributed by atoms with E-state index >= 15 is 0 Å². The molecule has 4 aliphatic rings. The predicted molar refractivity (Wildman–Crippen MR) is 147 cm³/mol. The molecular weight excluding hydrogens is 500 g/mol. The molecule has 3 aliphatic heterocycles. The van der Waals surface area contributed by atoms with Gasteiger partial charge in [-0.05, 0) is 82.4 Å². The maximum atomic E-state index is 14.8. The third-order valence-corrected chi connectivity index (χ3v) is 9.82. The quantitative estimate of drug-likeness (QED) is 0.451. The van der Waals surface area contributed by atoms with Crippen LogP contribution >= 0.6 is 0 Å². The zero-order valence-corrected chi connectivity index (χ0v) is 23.9. The molecule has 3 heterocycles. The molecule has 0 spiro atoms. The number of ether oxygens (including phenoxy) is 1. The molecule has 3 fully saturated rings. The molecule has 0 N–H and O–H groups in total. The topological polar surface area (TPSA) is 53.1 Å². The third kappa shape index (κ3) is 5.46. The van der Waals surface area contributed by atoms with Gasteiger partial charge in [-0.3, -0.25) is 14.6 Å². The van der Waals surface area contributed by atoms with E-state index in [4.69, 9.17) is 4.74 Å². The molecule has 1 aromatic carbocycles. The first kappa shape index (κ1) is 28.1. The lowest BCUT2D eigenvalue weighted by Crippen LogP contribution is -2.55. The maximum Gasteiger partial charge on any atom is 0.410 e. The summed E-state index contributed by atoms with van der Waals surface area (Å²) in [5.74, 6) is -0.770. The van der Waals surface area contributed by atoms with Crippen molar-refractivity contribution in [1.82, 2.24) is 14.7 Å². The summed E-state index contributed by atoms with van der Waals surface area (Å²) in [4.78, 5) is 32.7. The second-order valence-electron chi connectivity index (χ2n) is 13.0. The molecule has 1 aromatic rings. The highest BCUT2D eigenvalue weighted by Gasteiger charge is 2.49. The first-order valence-corrected chi connectivity index (χ1v) is 14.7. The van der Waals surface area contributed by atoms with Gasteiger partial charge in [-0.2, -0.15) is 0 Å². The van der Waals surface area contributed by atoms with Gasteiger partial charge in [0.1, 0.15) is 18.2 Å². The average molecular weight is 544 g/mol. The molecule has 1 saturated carbocycles. The number of likely N-dealkylation sites (tertiary alicyclic amines) is 1. The molecule has 2 saturated heterocycles. The van der Waals surface area contributed by atoms with Gasteiger partial charge in [0.25, 0.3) is 5.91 Å². The van der Waals surface area contributed by atoms with E-state index in [1.807, 2.05) is 9.80 Å². The minimum absolute atomic E-state index is 0.0439. The van der Waals surface area contributed by atoms with Gasteiger partial charge in [0.15, 0.2) is 0 Å². The fraction of sp³-hybridized carbons (Fsp3) is 0.677. The second-order valence-corrected chi connectivity index (χ2v) is 13.0. The Hall–Kier alpha value is -2.48. The van der Waals surface area contributed by atoms with Crippen LogP contribution in [-0.2, 0) is 9.53 Å². The fourth-order valence-corrected chi connectivity index (χ4v) is 7.19. The van der Waals surface area contributed by atoms with Crippen molar-refractivity contribution < 1.29 is 23.1 Å². The summed E-state index contributed by atoms with van der Waals surface area (Å²) in [6.07, 6.45) is 7.47. The molecule has 0 bridgehead atoms. The number of carbonyl (C=O) groups excluding carboxylic acids is 2. The monoisotopic (exact) mass is 543 g/mol. The Morgan fingerprint density at radius 1 is 1.08 bits per heavy atom. The summed E-state index contributed by atoms with van der Waals surface area (Å²) < 4.78 is 33.9. The number of hydrogen-bond donors (Lipinski definition) is 0. The van der Waals surface area contributed by atoms with E-state index in [1.165, 1.54) is 44.2 Å². The van der Waals surface area contributed by atoms with Crippen molar-refractivity contribution in [3.63, 3.8) is 0 Å². The van der Waals surface area contributed by atoms with Crippen molar-refractivity contribution in [2.75, 3.05) is 39.3 Å². The zero-order valence-electron chi connectivity index (χ0n) is 23.9. The molecule has 0 radical (unpaired) electrons. The second kappa shape index (κ2) is 10.8. The summed E-state index contributed by atoms with van der Waals surface area (Å²) in [5, 5.41) is 0. The van der Waals surface area contributed by atoms with Gasteiger partial charge in [-0.25, -0.2) is 13.6 Å². The van der Waals surface area contributed by atoms with E-state index in [0.717, 1.165) is 18.9 Å². The van der Waals surface area contributed by atoms with Crippen LogP contribution in [0.3, 0.4) is 0 Å². The van der Waals surface area contributed by atoms with E-state index < -0.39 is 11.6 Å². The van der Waals surface area contributed by atoms with Gasteiger partial charge in [0, 0.05) is 56.0 Å². The lowest BCUT2D eigenvalue weighted by Gasteiger charge is -2.50. The number of nitrogens with zero attached hydrogens (tertiary/aromatic N) is 3. The lowest BCUT2D eigenvalue weighted by molar-refractivity contribution is -0.131. The van der Waals surface area contributed by atoms with Gasteiger partial charge in [-0.1, -0.05) is 19.3 Å². The molecule has 39 heavy (non-hydrogen) atoms. The number of carbonyl (C=O) groups is 2. The predicted octanol–water partition coefficient (Wildman–Crippen LogP) is 5.86. The van der Waals surface area contributed by atoms with Crippen molar-refractivity contribution in [1.29, 1.82) is 0 Å². The van der Waals surface area contributed by atoms with Crippen LogP contribution in [0.1, 0.15) is 78.2 Å². The van der Waals surface area contributed by atoms with Crippen LogP contribution < -0.4 is 0 Å². The Kier molecular flexibility index (Phi) is 7.79. The van der Waals surface area contributed by atoms with E-state index in [-0.39, 0.29) is 29.0 Å². The van der Waals surface area contributed by atoms with Crippen molar-refractivity contribution >= 4 is 17.6 Å². The molecule has 1 aliphatic carbocycles.